The molecule has 3 N–H and O–H groups in total. The fraction of sp³-hybridized carbons (Fsp3) is 0.467. The zero-order valence-corrected chi connectivity index (χ0v) is 13.3. The SMILES string of the molecule is CCCN(CCO)S(=O)(=O)c1cc(C#CCN)ccc1C. The molecule has 0 spiro atoms. The van der Waals surface area contributed by atoms with E-state index in [-0.39, 0.29) is 24.6 Å². The molecule has 0 aliphatic rings. The van der Waals surface area contributed by atoms with Crippen LogP contribution in [0, 0.1) is 18.8 Å². The molecule has 0 saturated heterocycles. The predicted octanol–water partition coefficient (Wildman–Crippen LogP) is 0.698. The van der Waals surface area contributed by atoms with E-state index in [1.165, 1.54) is 4.31 Å². The van der Waals surface area contributed by atoms with Crippen molar-refractivity contribution in [2.24, 2.45) is 5.73 Å². The van der Waals surface area contributed by atoms with Crippen LogP contribution < -0.4 is 5.73 Å². The minimum Gasteiger partial charge on any atom is -0.395 e. The van der Waals surface area contributed by atoms with Gasteiger partial charge in [0.15, 0.2) is 0 Å². The second-order valence-electron chi connectivity index (χ2n) is 4.61. The average Bonchev–Trinajstić information content (AvgIpc) is 2.46. The zero-order chi connectivity index (χ0) is 15.9. The lowest BCUT2D eigenvalue weighted by Gasteiger charge is -2.21. The van der Waals surface area contributed by atoms with E-state index in [1.807, 2.05) is 6.92 Å². The highest BCUT2D eigenvalue weighted by atomic mass is 32.2. The molecule has 0 bridgehead atoms. The summed E-state index contributed by atoms with van der Waals surface area (Å²) >= 11 is 0. The van der Waals surface area contributed by atoms with Gasteiger partial charge < -0.3 is 10.8 Å². The summed E-state index contributed by atoms with van der Waals surface area (Å²) in [6, 6.07) is 5.07. The number of hydrogen-bond acceptors (Lipinski definition) is 4. The minimum atomic E-state index is -3.63. The fourth-order valence-corrected chi connectivity index (χ4v) is 3.73. The lowest BCUT2D eigenvalue weighted by Crippen LogP contribution is -2.34. The molecule has 1 aromatic rings. The highest BCUT2D eigenvalue weighted by Crippen LogP contribution is 2.21. The Hall–Kier alpha value is -1.39. The van der Waals surface area contributed by atoms with Gasteiger partial charge in [0, 0.05) is 18.7 Å². The number of benzene rings is 1. The first-order valence-corrected chi connectivity index (χ1v) is 8.32. The van der Waals surface area contributed by atoms with Crippen LogP contribution in [-0.2, 0) is 10.0 Å². The average molecular weight is 310 g/mol. The summed E-state index contributed by atoms with van der Waals surface area (Å²) < 4.78 is 26.7. The topological polar surface area (TPSA) is 83.6 Å². The number of rotatable bonds is 6. The van der Waals surface area contributed by atoms with Crippen molar-refractivity contribution >= 4 is 10.0 Å². The Balaban J connectivity index is 3.28. The number of sulfonamides is 1. The van der Waals surface area contributed by atoms with Crippen LogP contribution in [0.25, 0.3) is 0 Å². The Bertz CT molecular complexity index is 624. The molecule has 0 atom stereocenters. The number of aryl methyl sites for hydroxylation is 1. The van der Waals surface area contributed by atoms with Crippen LogP contribution in [0.2, 0.25) is 0 Å². The first kappa shape index (κ1) is 17.7. The monoisotopic (exact) mass is 310 g/mol. The van der Waals surface area contributed by atoms with E-state index < -0.39 is 10.0 Å². The predicted molar refractivity (Wildman–Crippen MR) is 83.2 cm³/mol. The van der Waals surface area contributed by atoms with E-state index in [1.54, 1.807) is 25.1 Å². The summed E-state index contributed by atoms with van der Waals surface area (Å²) in [5, 5.41) is 9.07. The molecule has 0 aromatic heterocycles. The summed E-state index contributed by atoms with van der Waals surface area (Å²) in [6.07, 6.45) is 0.685. The van der Waals surface area contributed by atoms with Gasteiger partial charge in [0.25, 0.3) is 0 Å². The number of aliphatic hydroxyl groups excluding tert-OH is 1. The second-order valence-corrected chi connectivity index (χ2v) is 6.52. The van der Waals surface area contributed by atoms with Crippen LogP contribution in [0.4, 0.5) is 0 Å². The summed E-state index contributed by atoms with van der Waals surface area (Å²) in [5.74, 6) is 5.55. The van der Waals surface area contributed by atoms with Crippen molar-refractivity contribution in [3.8, 4) is 11.8 Å². The second kappa shape index (κ2) is 8.15. The Morgan fingerprint density at radius 3 is 2.62 bits per heavy atom. The molecule has 0 aliphatic heterocycles. The van der Waals surface area contributed by atoms with Crippen molar-refractivity contribution in [3.63, 3.8) is 0 Å². The molecular formula is C15H22N2O3S. The lowest BCUT2D eigenvalue weighted by molar-refractivity contribution is 0.253. The Morgan fingerprint density at radius 2 is 2.05 bits per heavy atom. The maximum atomic E-state index is 12.7. The van der Waals surface area contributed by atoms with E-state index >= 15 is 0 Å². The van der Waals surface area contributed by atoms with E-state index in [0.717, 1.165) is 0 Å². The van der Waals surface area contributed by atoms with Crippen molar-refractivity contribution < 1.29 is 13.5 Å². The van der Waals surface area contributed by atoms with Gasteiger partial charge in [-0.15, -0.1) is 0 Å². The number of nitrogens with zero attached hydrogens (tertiary/aromatic N) is 1. The van der Waals surface area contributed by atoms with Crippen LogP contribution in [-0.4, -0.2) is 44.1 Å². The van der Waals surface area contributed by atoms with Crippen molar-refractivity contribution in [3.05, 3.63) is 29.3 Å². The Labute approximate surface area is 126 Å². The maximum absolute atomic E-state index is 12.7. The minimum absolute atomic E-state index is 0.0916. The van der Waals surface area contributed by atoms with Crippen LogP contribution in [0.3, 0.4) is 0 Å². The third-order valence-corrected chi connectivity index (χ3v) is 5.00. The van der Waals surface area contributed by atoms with E-state index in [0.29, 0.717) is 24.1 Å². The molecular weight excluding hydrogens is 288 g/mol. The van der Waals surface area contributed by atoms with Gasteiger partial charge in [-0.2, -0.15) is 4.31 Å². The molecule has 0 amide bonds. The summed E-state index contributed by atoms with van der Waals surface area (Å²) in [4.78, 5) is 0.230. The quantitative estimate of drug-likeness (QED) is 0.758. The van der Waals surface area contributed by atoms with Gasteiger partial charge in [-0.1, -0.05) is 24.8 Å². The molecule has 6 heteroatoms. The largest absolute Gasteiger partial charge is 0.395 e. The van der Waals surface area contributed by atoms with E-state index in [2.05, 4.69) is 11.8 Å². The third kappa shape index (κ3) is 4.55. The maximum Gasteiger partial charge on any atom is 0.243 e. The van der Waals surface area contributed by atoms with Gasteiger partial charge in [-0.05, 0) is 31.0 Å². The smallest absolute Gasteiger partial charge is 0.243 e. The van der Waals surface area contributed by atoms with Gasteiger partial charge in [-0.3, -0.25) is 0 Å². The van der Waals surface area contributed by atoms with Gasteiger partial charge in [0.1, 0.15) is 0 Å². The zero-order valence-electron chi connectivity index (χ0n) is 12.5. The first-order valence-electron chi connectivity index (χ1n) is 6.88. The molecule has 0 fully saturated rings. The Kier molecular flexibility index (Phi) is 6.85. The van der Waals surface area contributed by atoms with Gasteiger partial charge >= 0.3 is 0 Å². The van der Waals surface area contributed by atoms with Crippen molar-refractivity contribution in [1.29, 1.82) is 0 Å². The highest BCUT2D eigenvalue weighted by Gasteiger charge is 2.25. The molecule has 0 radical (unpaired) electrons. The summed E-state index contributed by atoms with van der Waals surface area (Å²) in [7, 11) is -3.63. The molecule has 0 heterocycles. The summed E-state index contributed by atoms with van der Waals surface area (Å²) in [5.41, 5.74) is 6.60. The molecule has 0 saturated carbocycles. The van der Waals surface area contributed by atoms with Gasteiger partial charge in [-0.25, -0.2) is 8.42 Å². The number of nitrogens with two attached hydrogens (primary N) is 1. The fourth-order valence-electron chi connectivity index (χ4n) is 1.96. The molecule has 0 aliphatic carbocycles. The first-order chi connectivity index (χ1) is 9.97. The summed E-state index contributed by atoms with van der Waals surface area (Å²) in [6.45, 7) is 4.13. The molecule has 5 nitrogen and oxygen atoms in total. The van der Waals surface area contributed by atoms with Gasteiger partial charge in [0.2, 0.25) is 10.0 Å². The van der Waals surface area contributed by atoms with Crippen molar-refractivity contribution in [2.45, 2.75) is 25.2 Å². The van der Waals surface area contributed by atoms with Crippen LogP contribution in [0.15, 0.2) is 23.1 Å². The van der Waals surface area contributed by atoms with Crippen molar-refractivity contribution in [2.75, 3.05) is 26.2 Å². The van der Waals surface area contributed by atoms with Crippen LogP contribution in [0.1, 0.15) is 24.5 Å². The van der Waals surface area contributed by atoms with E-state index in [4.69, 9.17) is 10.8 Å². The number of aliphatic hydroxyl groups is 1. The standard InChI is InChI=1S/C15H22N2O3S/c1-3-9-17(10-11-18)21(19,20)15-12-14(5-4-8-16)7-6-13(15)2/h6-7,12,18H,3,8-11,16H2,1-2H3. The molecule has 21 heavy (non-hydrogen) atoms. The van der Waals surface area contributed by atoms with Crippen LogP contribution in [0.5, 0.6) is 0 Å². The molecule has 1 rings (SSSR count). The normalized spacial score (nSPS) is 11.3. The van der Waals surface area contributed by atoms with Crippen LogP contribution >= 0.6 is 0 Å². The lowest BCUT2D eigenvalue weighted by atomic mass is 10.1. The Morgan fingerprint density at radius 1 is 1.33 bits per heavy atom. The van der Waals surface area contributed by atoms with Gasteiger partial charge in [0.05, 0.1) is 18.0 Å². The third-order valence-electron chi connectivity index (χ3n) is 2.96. The molecule has 1 aromatic carbocycles. The van der Waals surface area contributed by atoms with Crippen molar-refractivity contribution in [1.82, 2.24) is 4.31 Å². The molecule has 0 unspecified atom stereocenters. The number of hydrogen-bond donors (Lipinski definition) is 2. The van der Waals surface area contributed by atoms with E-state index in [9.17, 15) is 8.42 Å². The molecule has 116 valence electrons. The highest BCUT2D eigenvalue weighted by molar-refractivity contribution is 7.89.